The van der Waals surface area contributed by atoms with E-state index < -0.39 is 0 Å². The van der Waals surface area contributed by atoms with Crippen LogP contribution >= 0.6 is 11.3 Å². The van der Waals surface area contributed by atoms with Crippen LogP contribution < -0.4 is 10.6 Å². The van der Waals surface area contributed by atoms with Gasteiger partial charge >= 0.3 is 0 Å². The third kappa shape index (κ3) is 3.47. The predicted octanol–water partition coefficient (Wildman–Crippen LogP) is 1.89. The number of nitrogens with zero attached hydrogens (tertiary/aromatic N) is 1. The van der Waals surface area contributed by atoms with Gasteiger partial charge in [-0.1, -0.05) is 0 Å². The van der Waals surface area contributed by atoms with Crippen molar-refractivity contribution in [2.75, 3.05) is 19.6 Å². The fourth-order valence-electron chi connectivity index (χ4n) is 3.51. The number of amides is 1. The number of carbonyl (C=O) groups excluding carboxylic acids is 1. The van der Waals surface area contributed by atoms with Crippen molar-refractivity contribution in [1.29, 1.82) is 0 Å². The molecule has 116 valence electrons. The Hall–Kier alpha value is -0.910. The maximum atomic E-state index is 12.5. The summed E-state index contributed by atoms with van der Waals surface area (Å²) in [6.07, 6.45) is 4.51. The lowest BCUT2D eigenvalue weighted by atomic mass is 10.0. The van der Waals surface area contributed by atoms with Crippen LogP contribution in [-0.2, 0) is 11.3 Å². The molecule has 2 aliphatic rings. The fourth-order valence-corrected chi connectivity index (χ4v) is 4.37. The molecule has 5 heteroatoms. The van der Waals surface area contributed by atoms with Crippen molar-refractivity contribution in [3.05, 3.63) is 21.9 Å². The van der Waals surface area contributed by atoms with Crippen LogP contribution in [0.25, 0.3) is 0 Å². The first-order valence-corrected chi connectivity index (χ1v) is 8.96. The summed E-state index contributed by atoms with van der Waals surface area (Å²) >= 11 is 1.70. The van der Waals surface area contributed by atoms with Gasteiger partial charge in [0.2, 0.25) is 5.91 Å². The van der Waals surface area contributed by atoms with Crippen molar-refractivity contribution in [3.8, 4) is 0 Å². The Morgan fingerprint density at radius 1 is 1.38 bits per heavy atom. The zero-order valence-electron chi connectivity index (χ0n) is 12.7. The van der Waals surface area contributed by atoms with E-state index in [1.165, 1.54) is 24.0 Å². The van der Waals surface area contributed by atoms with Crippen molar-refractivity contribution in [2.24, 2.45) is 0 Å². The minimum absolute atomic E-state index is 0.0899. The number of carbonyl (C=O) groups is 1. The number of piperidine rings is 1. The number of rotatable bonds is 4. The highest BCUT2D eigenvalue weighted by Gasteiger charge is 2.35. The topological polar surface area (TPSA) is 44.4 Å². The molecule has 2 saturated heterocycles. The van der Waals surface area contributed by atoms with Gasteiger partial charge in [0.25, 0.3) is 0 Å². The molecule has 1 aromatic rings. The van der Waals surface area contributed by atoms with Gasteiger partial charge in [-0.3, -0.25) is 9.69 Å². The summed E-state index contributed by atoms with van der Waals surface area (Å²) in [7, 11) is 0. The fraction of sp³-hybridized carbons (Fsp3) is 0.688. The average Bonchev–Trinajstić information content (AvgIpc) is 3.15. The van der Waals surface area contributed by atoms with E-state index in [0.29, 0.717) is 12.6 Å². The smallest absolute Gasteiger partial charge is 0.237 e. The third-order valence-electron chi connectivity index (χ3n) is 4.79. The van der Waals surface area contributed by atoms with E-state index in [2.05, 4.69) is 33.2 Å². The Morgan fingerprint density at radius 3 is 2.90 bits per heavy atom. The summed E-state index contributed by atoms with van der Waals surface area (Å²) in [4.78, 5) is 15.0. The quantitative estimate of drug-likeness (QED) is 0.893. The number of nitrogens with one attached hydrogen (secondary N) is 2. The lowest BCUT2D eigenvalue weighted by Crippen LogP contribution is -2.50. The molecule has 3 heterocycles. The monoisotopic (exact) mass is 307 g/mol. The van der Waals surface area contributed by atoms with Gasteiger partial charge < -0.3 is 10.6 Å². The van der Waals surface area contributed by atoms with Crippen molar-refractivity contribution < 1.29 is 4.79 Å². The van der Waals surface area contributed by atoms with Crippen LogP contribution in [0.15, 0.2) is 10.8 Å². The molecule has 0 aliphatic carbocycles. The molecule has 2 aliphatic heterocycles. The van der Waals surface area contributed by atoms with Crippen LogP contribution in [0.5, 0.6) is 0 Å². The van der Waals surface area contributed by atoms with Crippen molar-refractivity contribution in [2.45, 2.75) is 51.2 Å². The maximum Gasteiger partial charge on any atom is 0.237 e. The molecule has 2 fully saturated rings. The largest absolute Gasteiger partial charge is 0.351 e. The highest BCUT2D eigenvalue weighted by atomic mass is 32.1. The normalized spacial score (nSPS) is 24.3. The van der Waals surface area contributed by atoms with Gasteiger partial charge in [0.15, 0.2) is 0 Å². The van der Waals surface area contributed by atoms with E-state index in [1.54, 1.807) is 11.3 Å². The molecule has 0 aromatic carbocycles. The summed E-state index contributed by atoms with van der Waals surface area (Å²) in [5, 5.41) is 10.8. The Kier molecular flexibility index (Phi) is 4.93. The minimum atomic E-state index is 0.0899. The number of hydrogen-bond acceptors (Lipinski definition) is 4. The first-order valence-electron chi connectivity index (χ1n) is 8.01. The molecule has 0 saturated carbocycles. The molecule has 0 spiro atoms. The van der Waals surface area contributed by atoms with Crippen LogP contribution in [0.2, 0.25) is 0 Å². The van der Waals surface area contributed by atoms with Gasteiger partial charge in [0.1, 0.15) is 0 Å². The SMILES string of the molecule is Cc1cscc1CNC(=O)C1CCCN1C1CCNCC1. The highest BCUT2D eigenvalue weighted by Crippen LogP contribution is 2.24. The summed E-state index contributed by atoms with van der Waals surface area (Å²) in [6, 6.07) is 0.680. The number of thiophene rings is 1. The average molecular weight is 307 g/mol. The predicted molar refractivity (Wildman–Crippen MR) is 86.5 cm³/mol. The zero-order valence-corrected chi connectivity index (χ0v) is 13.5. The molecule has 1 unspecified atom stereocenters. The number of likely N-dealkylation sites (tertiary alicyclic amines) is 1. The van der Waals surface area contributed by atoms with Crippen molar-refractivity contribution in [1.82, 2.24) is 15.5 Å². The minimum Gasteiger partial charge on any atom is -0.351 e. The lowest BCUT2D eigenvalue weighted by molar-refractivity contribution is -0.126. The third-order valence-corrected chi connectivity index (χ3v) is 5.70. The van der Waals surface area contributed by atoms with Gasteiger partial charge in [-0.2, -0.15) is 11.3 Å². The van der Waals surface area contributed by atoms with Gasteiger partial charge in [-0.05, 0) is 74.1 Å². The number of hydrogen-bond donors (Lipinski definition) is 2. The van der Waals surface area contributed by atoms with Crippen molar-refractivity contribution >= 4 is 17.2 Å². The molecule has 1 atom stereocenters. The summed E-state index contributed by atoms with van der Waals surface area (Å²) in [5.74, 6) is 0.219. The van der Waals surface area contributed by atoms with E-state index in [4.69, 9.17) is 0 Å². The van der Waals surface area contributed by atoms with Gasteiger partial charge in [-0.15, -0.1) is 0 Å². The highest BCUT2D eigenvalue weighted by molar-refractivity contribution is 7.08. The molecular weight excluding hydrogens is 282 g/mol. The Bertz CT molecular complexity index is 482. The van der Waals surface area contributed by atoms with Gasteiger partial charge in [0, 0.05) is 12.6 Å². The molecule has 4 nitrogen and oxygen atoms in total. The Labute approximate surface area is 130 Å². The first kappa shape index (κ1) is 15.0. The molecule has 1 amide bonds. The van der Waals surface area contributed by atoms with Crippen LogP contribution in [0.1, 0.15) is 36.8 Å². The van der Waals surface area contributed by atoms with E-state index >= 15 is 0 Å². The second-order valence-electron chi connectivity index (χ2n) is 6.17. The van der Waals surface area contributed by atoms with E-state index in [-0.39, 0.29) is 11.9 Å². The lowest BCUT2D eigenvalue weighted by Gasteiger charge is -2.35. The molecule has 21 heavy (non-hydrogen) atoms. The van der Waals surface area contributed by atoms with Gasteiger partial charge in [0.05, 0.1) is 6.04 Å². The van der Waals surface area contributed by atoms with Crippen molar-refractivity contribution in [3.63, 3.8) is 0 Å². The standard InChI is InChI=1S/C16H25N3OS/c1-12-10-21-11-13(12)9-18-16(20)15-3-2-8-19(15)14-4-6-17-7-5-14/h10-11,14-15,17H,2-9H2,1H3,(H,18,20). The molecule has 1 aromatic heterocycles. The number of aryl methyl sites for hydroxylation is 1. The summed E-state index contributed by atoms with van der Waals surface area (Å²) < 4.78 is 0. The molecule has 0 radical (unpaired) electrons. The van der Waals surface area contributed by atoms with Gasteiger partial charge in [-0.25, -0.2) is 0 Å². The van der Waals surface area contributed by atoms with E-state index in [9.17, 15) is 4.79 Å². The van der Waals surface area contributed by atoms with E-state index in [0.717, 1.165) is 32.5 Å². The first-order chi connectivity index (χ1) is 10.3. The Morgan fingerprint density at radius 2 is 2.19 bits per heavy atom. The molecular formula is C16H25N3OS. The van der Waals surface area contributed by atoms with Crippen LogP contribution in [0, 0.1) is 6.92 Å². The molecule has 2 N–H and O–H groups in total. The van der Waals surface area contributed by atoms with E-state index in [1.807, 2.05) is 0 Å². The van der Waals surface area contributed by atoms with Crippen LogP contribution in [-0.4, -0.2) is 42.5 Å². The molecule has 3 rings (SSSR count). The van der Waals surface area contributed by atoms with Crippen LogP contribution in [0.4, 0.5) is 0 Å². The second kappa shape index (κ2) is 6.90. The molecule has 0 bridgehead atoms. The maximum absolute atomic E-state index is 12.5. The van der Waals surface area contributed by atoms with Crippen LogP contribution in [0.3, 0.4) is 0 Å². The summed E-state index contributed by atoms with van der Waals surface area (Å²) in [6.45, 7) is 6.03. The zero-order chi connectivity index (χ0) is 14.7. The summed E-state index contributed by atoms with van der Waals surface area (Å²) in [5.41, 5.74) is 2.53. The second-order valence-corrected chi connectivity index (χ2v) is 6.92. The Balaban J connectivity index is 1.56.